The van der Waals surface area contributed by atoms with Gasteiger partial charge in [0, 0.05) is 25.3 Å². The number of hydrogen-bond acceptors (Lipinski definition) is 2. The van der Waals surface area contributed by atoms with Crippen LogP contribution in [0.25, 0.3) is 0 Å². The molecular formula is C21H21F3N2O. The lowest BCUT2D eigenvalue weighted by atomic mass is 10.1. The first-order valence-electron chi connectivity index (χ1n) is 9.17. The van der Waals surface area contributed by atoms with Crippen molar-refractivity contribution in [3.63, 3.8) is 0 Å². The summed E-state index contributed by atoms with van der Waals surface area (Å²) < 4.78 is 38.0. The first-order valence-corrected chi connectivity index (χ1v) is 9.17. The van der Waals surface area contributed by atoms with E-state index >= 15 is 0 Å². The van der Waals surface area contributed by atoms with Gasteiger partial charge in [0.1, 0.15) is 0 Å². The van der Waals surface area contributed by atoms with E-state index in [2.05, 4.69) is 4.90 Å². The number of rotatable bonds is 4. The number of alkyl halides is 3. The number of benzene rings is 2. The van der Waals surface area contributed by atoms with Crippen LogP contribution < -0.4 is 4.90 Å². The lowest BCUT2D eigenvalue weighted by molar-refractivity contribution is -0.137. The van der Waals surface area contributed by atoms with Crippen molar-refractivity contribution >= 4 is 11.6 Å². The zero-order valence-corrected chi connectivity index (χ0v) is 14.8. The van der Waals surface area contributed by atoms with Crippen molar-refractivity contribution < 1.29 is 18.0 Å². The molecule has 1 saturated carbocycles. The molecule has 2 unspecified atom stereocenters. The molecule has 0 spiro atoms. The molecule has 2 fully saturated rings. The lowest BCUT2D eigenvalue weighted by Crippen LogP contribution is -2.51. The minimum atomic E-state index is -4.30. The van der Waals surface area contributed by atoms with Gasteiger partial charge in [0.05, 0.1) is 12.1 Å². The van der Waals surface area contributed by atoms with Crippen molar-refractivity contribution in [1.29, 1.82) is 0 Å². The van der Waals surface area contributed by atoms with E-state index in [0.717, 1.165) is 36.3 Å². The number of carbonyl (C=O) groups is 1. The molecule has 4 rings (SSSR count). The Labute approximate surface area is 156 Å². The summed E-state index contributed by atoms with van der Waals surface area (Å²) in [6, 6.07) is 15.3. The number of piperazine rings is 1. The average molecular weight is 374 g/mol. The van der Waals surface area contributed by atoms with Crippen LogP contribution in [0.15, 0.2) is 54.6 Å². The summed E-state index contributed by atoms with van der Waals surface area (Å²) in [7, 11) is 0. The number of anilines is 1. The van der Waals surface area contributed by atoms with Crippen LogP contribution in [-0.4, -0.2) is 37.0 Å². The summed E-state index contributed by atoms with van der Waals surface area (Å²) in [5.41, 5.74) is 1.37. The maximum atomic E-state index is 12.7. The fourth-order valence-electron chi connectivity index (χ4n) is 3.82. The first kappa shape index (κ1) is 17.9. The van der Waals surface area contributed by atoms with Crippen molar-refractivity contribution in [1.82, 2.24) is 4.90 Å². The lowest BCUT2D eigenvalue weighted by Gasteiger charge is -2.35. The van der Waals surface area contributed by atoms with Crippen molar-refractivity contribution in [2.24, 2.45) is 5.92 Å². The van der Waals surface area contributed by atoms with Crippen molar-refractivity contribution in [2.45, 2.75) is 18.5 Å². The molecule has 1 amide bonds. The molecule has 0 radical (unpaired) electrons. The summed E-state index contributed by atoms with van der Waals surface area (Å²) in [5, 5.41) is 0. The molecule has 2 atom stereocenters. The molecule has 27 heavy (non-hydrogen) atoms. The molecule has 0 bridgehead atoms. The molecule has 2 aliphatic rings. The number of amides is 1. The third-order valence-corrected chi connectivity index (χ3v) is 5.48. The van der Waals surface area contributed by atoms with Gasteiger partial charge in [-0.05, 0) is 48.1 Å². The first-order chi connectivity index (χ1) is 12.9. The highest BCUT2D eigenvalue weighted by atomic mass is 19.4. The Morgan fingerprint density at radius 2 is 1.67 bits per heavy atom. The van der Waals surface area contributed by atoms with Crippen LogP contribution in [0.1, 0.15) is 23.5 Å². The van der Waals surface area contributed by atoms with E-state index in [9.17, 15) is 18.0 Å². The van der Waals surface area contributed by atoms with Gasteiger partial charge in [-0.3, -0.25) is 4.79 Å². The maximum absolute atomic E-state index is 12.7. The molecular weight excluding hydrogens is 353 g/mol. The normalized spacial score (nSPS) is 22.9. The predicted molar refractivity (Wildman–Crippen MR) is 97.5 cm³/mol. The Kier molecular flexibility index (Phi) is 4.58. The standard InChI is InChI=1S/C21H21F3N2O/c22-21(23,24)17-8-6-15(7-9-17)19-12-16(19)13-26-11-10-25(14-20(26)27)18-4-2-1-3-5-18/h1-9,16,19H,10-14H2. The second-order valence-corrected chi connectivity index (χ2v) is 7.32. The molecule has 142 valence electrons. The highest BCUT2D eigenvalue weighted by molar-refractivity contribution is 5.82. The molecule has 2 aromatic rings. The fraction of sp³-hybridized carbons (Fsp3) is 0.381. The molecule has 0 aromatic heterocycles. The van der Waals surface area contributed by atoms with Gasteiger partial charge in [-0.25, -0.2) is 0 Å². The monoisotopic (exact) mass is 374 g/mol. The van der Waals surface area contributed by atoms with Crippen LogP contribution in [0.3, 0.4) is 0 Å². The van der Waals surface area contributed by atoms with Gasteiger partial charge >= 0.3 is 6.18 Å². The van der Waals surface area contributed by atoms with Crippen LogP contribution in [0.4, 0.5) is 18.9 Å². The molecule has 1 saturated heterocycles. The van der Waals surface area contributed by atoms with E-state index in [0.29, 0.717) is 25.6 Å². The summed E-state index contributed by atoms with van der Waals surface area (Å²) in [6.45, 7) is 2.55. The van der Waals surface area contributed by atoms with Crippen molar-refractivity contribution in [2.75, 3.05) is 31.1 Å². The van der Waals surface area contributed by atoms with Gasteiger partial charge in [0.2, 0.25) is 5.91 Å². The number of carbonyl (C=O) groups excluding carboxylic acids is 1. The van der Waals surface area contributed by atoms with Crippen LogP contribution in [0.2, 0.25) is 0 Å². The van der Waals surface area contributed by atoms with Gasteiger partial charge in [0.15, 0.2) is 0 Å². The fourth-order valence-corrected chi connectivity index (χ4v) is 3.82. The van der Waals surface area contributed by atoms with E-state index in [-0.39, 0.29) is 11.8 Å². The smallest absolute Gasteiger partial charge is 0.360 e. The van der Waals surface area contributed by atoms with Gasteiger partial charge in [-0.1, -0.05) is 30.3 Å². The van der Waals surface area contributed by atoms with Crippen molar-refractivity contribution in [3.05, 3.63) is 65.7 Å². The highest BCUT2D eigenvalue weighted by Crippen LogP contribution is 2.48. The third-order valence-electron chi connectivity index (χ3n) is 5.48. The van der Waals surface area contributed by atoms with Gasteiger partial charge in [-0.2, -0.15) is 13.2 Å². The van der Waals surface area contributed by atoms with Crippen LogP contribution in [0, 0.1) is 5.92 Å². The largest absolute Gasteiger partial charge is 0.416 e. The van der Waals surface area contributed by atoms with Gasteiger partial charge in [0.25, 0.3) is 0 Å². The maximum Gasteiger partial charge on any atom is 0.416 e. The van der Waals surface area contributed by atoms with E-state index in [4.69, 9.17) is 0 Å². The topological polar surface area (TPSA) is 23.6 Å². The summed E-state index contributed by atoms with van der Waals surface area (Å²) >= 11 is 0. The summed E-state index contributed by atoms with van der Waals surface area (Å²) in [5.74, 6) is 0.712. The molecule has 1 heterocycles. The summed E-state index contributed by atoms with van der Waals surface area (Å²) in [6.07, 6.45) is -3.37. The number of nitrogens with zero attached hydrogens (tertiary/aromatic N) is 2. The minimum Gasteiger partial charge on any atom is -0.360 e. The van der Waals surface area contributed by atoms with E-state index in [1.54, 1.807) is 12.1 Å². The SMILES string of the molecule is O=C1CN(c2ccccc2)CCN1CC1CC1c1ccc(C(F)(F)F)cc1. The zero-order valence-electron chi connectivity index (χ0n) is 14.8. The molecule has 0 N–H and O–H groups in total. The number of hydrogen-bond donors (Lipinski definition) is 0. The quantitative estimate of drug-likeness (QED) is 0.802. The molecule has 1 aliphatic carbocycles. The number of para-hydroxylation sites is 1. The van der Waals surface area contributed by atoms with Gasteiger partial charge < -0.3 is 9.80 Å². The highest BCUT2D eigenvalue weighted by Gasteiger charge is 2.41. The summed E-state index contributed by atoms with van der Waals surface area (Å²) in [4.78, 5) is 16.5. The second-order valence-electron chi connectivity index (χ2n) is 7.32. The Morgan fingerprint density at radius 3 is 2.30 bits per heavy atom. The Bertz CT molecular complexity index is 804. The third kappa shape index (κ3) is 3.94. The van der Waals surface area contributed by atoms with E-state index in [1.807, 2.05) is 35.2 Å². The molecule has 3 nitrogen and oxygen atoms in total. The van der Waals surface area contributed by atoms with Crippen LogP contribution in [0.5, 0.6) is 0 Å². The average Bonchev–Trinajstić information content (AvgIpc) is 3.43. The van der Waals surface area contributed by atoms with E-state index in [1.165, 1.54) is 0 Å². The molecule has 6 heteroatoms. The minimum absolute atomic E-state index is 0.114. The molecule has 1 aliphatic heterocycles. The van der Waals surface area contributed by atoms with E-state index < -0.39 is 11.7 Å². The second kappa shape index (κ2) is 6.91. The predicted octanol–water partition coefficient (Wildman–Crippen LogP) is 4.16. The Balaban J connectivity index is 1.32. The molecule has 2 aromatic carbocycles. The Hall–Kier alpha value is -2.50. The van der Waals surface area contributed by atoms with Gasteiger partial charge in [-0.15, -0.1) is 0 Å². The Morgan fingerprint density at radius 1 is 0.963 bits per heavy atom. The van der Waals surface area contributed by atoms with Crippen LogP contribution in [-0.2, 0) is 11.0 Å². The zero-order chi connectivity index (χ0) is 19.0. The van der Waals surface area contributed by atoms with Crippen molar-refractivity contribution in [3.8, 4) is 0 Å². The number of halogens is 3. The van der Waals surface area contributed by atoms with Crippen LogP contribution >= 0.6 is 0 Å².